The van der Waals surface area contributed by atoms with Gasteiger partial charge in [-0.25, -0.2) is 23.1 Å². The molecule has 2 N–H and O–H groups in total. The van der Waals surface area contributed by atoms with Crippen molar-refractivity contribution in [3.8, 4) is 0 Å². The van der Waals surface area contributed by atoms with Crippen molar-refractivity contribution in [1.82, 2.24) is 14.1 Å². The van der Waals surface area contributed by atoms with E-state index in [0.29, 0.717) is 6.42 Å². The van der Waals surface area contributed by atoms with Crippen molar-refractivity contribution < 1.29 is 18.3 Å². The van der Waals surface area contributed by atoms with Crippen LogP contribution >= 0.6 is 0 Å². The molecule has 3 rings (SSSR count). The Bertz CT molecular complexity index is 1210. The summed E-state index contributed by atoms with van der Waals surface area (Å²) in [5.74, 6) is -1.58. The van der Waals surface area contributed by atoms with Crippen LogP contribution in [0.1, 0.15) is 46.0 Å². The minimum absolute atomic E-state index is 0.0140. The molecule has 0 unspecified atom stereocenters. The fourth-order valence-electron chi connectivity index (χ4n) is 3.32. The monoisotopic (exact) mass is 432 g/mol. The van der Waals surface area contributed by atoms with Gasteiger partial charge in [0.1, 0.15) is 22.8 Å². The Morgan fingerprint density at radius 2 is 1.94 bits per heavy atom. The first-order chi connectivity index (χ1) is 14.4. The number of anilines is 1. The Kier molecular flexibility index (Phi) is 5.89. The van der Waals surface area contributed by atoms with Crippen LogP contribution in [0.2, 0.25) is 0 Å². The second-order valence-electron chi connectivity index (χ2n) is 8.85. The number of nitrogens with zero attached hydrogens (tertiary/aromatic N) is 3. The molecule has 0 aliphatic rings. The van der Waals surface area contributed by atoms with Crippen molar-refractivity contribution in [3.63, 3.8) is 0 Å². The number of pyridine rings is 1. The lowest BCUT2D eigenvalue weighted by molar-refractivity contribution is 0.0537. The molecule has 0 radical (unpaired) electrons. The maximum atomic E-state index is 14.9. The average molecular weight is 432 g/mol. The summed E-state index contributed by atoms with van der Waals surface area (Å²) in [6.45, 7) is 8.63. The summed E-state index contributed by atoms with van der Waals surface area (Å²) in [5, 5.41) is 0. The van der Waals surface area contributed by atoms with Crippen molar-refractivity contribution in [2.75, 3.05) is 5.73 Å². The third-order valence-corrected chi connectivity index (χ3v) is 4.55. The van der Waals surface area contributed by atoms with Gasteiger partial charge in [0, 0.05) is 17.8 Å². The predicted molar refractivity (Wildman–Crippen MR) is 114 cm³/mol. The molecule has 9 heteroatoms. The summed E-state index contributed by atoms with van der Waals surface area (Å²) in [4.78, 5) is 29.8. The number of carbonyl (C=O) groups is 1. The van der Waals surface area contributed by atoms with E-state index >= 15 is 0 Å². The molecule has 0 amide bonds. The van der Waals surface area contributed by atoms with E-state index in [1.54, 1.807) is 26.8 Å². The van der Waals surface area contributed by atoms with E-state index in [9.17, 15) is 18.4 Å². The van der Waals surface area contributed by atoms with Gasteiger partial charge in [0.05, 0.1) is 17.7 Å². The number of hydrogen-bond acceptors (Lipinski definition) is 5. The Morgan fingerprint density at radius 1 is 1.26 bits per heavy atom. The van der Waals surface area contributed by atoms with Crippen LogP contribution in [0.25, 0.3) is 11.0 Å². The summed E-state index contributed by atoms with van der Waals surface area (Å²) in [6.07, 6.45) is 0.901. The number of halogens is 2. The second kappa shape index (κ2) is 8.13. The van der Waals surface area contributed by atoms with Crippen LogP contribution in [0.4, 0.5) is 19.3 Å². The van der Waals surface area contributed by atoms with E-state index in [1.165, 1.54) is 16.8 Å². The normalized spacial score (nSPS) is 12.0. The van der Waals surface area contributed by atoms with Gasteiger partial charge in [-0.1, -0.05) is 13.8 Å². The number of nitrogen functional groups attached to an aromatic ring is 1. The number of hydrogen-bond donors (Lipinski definition) is 1. The molecule has 0 aliphatic heterocycles. The highest BCUT2D eigenvalue weighted by molar-refractivity contribution is 5.90. The highest BCUT2D eigenvalue weighted by Crippen LogP contribution is 2.29. The maximum absolute atomic E-state index is 14.9. The molecule has 0 saturated heterocycles. The summed E-state index contributed by atoms with van der Waals surface area (Å²) in [5.41, 5.74) is 4.41. The van der Waals surface area contributed by atoms with Gasteiger partial charge in [-0.15, -0.1) is 0 Å². The zero-order chi connectivity index (χ0) is 23.1. The standard InChI is InChI=1S/C22H26F2N4O3/c1-12(2)9-13-14(23)10-15(24)19-18(13)26-17(28(19)21(30)31-22(3,4)5)11-27-8-6-7-16(25)20(27)29/h6-8,10,12H,9,11,25H2,1-5H3. The Balaban J connectivity index is 2.30. The first-order valence-corrected chi connectivity index (χ1v) is 9.95. The highest BCUT2D eigenvalue weighted by Gasteiger charge is 2.28. The van der Waals surface area contributed by atoms with E-state index in [2.05, 4.69) is 4.98 Å². The number of ether oxygens (including phenoxy) is 1. The number of aromatic nitrogens is 3. The van der Waals surface area contributed by atoms with E-state index in [1.807, 2.05) is 13.8 Å². The fourth-order valence-corrected chi connectivity index (χ4v) is 3.32. The Hall–Kier alpha value is -3.23. The number of benzene rings is 1. The molecule has 0 spiro atoms. The molecule has 2 heterocycles. The van der Waals surface area contributed by atoms with Crippen molar-refractivity contribution in [2.45, 2.75) is 53.2 Å². The number of nitrogens with two attached hydrogens (primary N) is 1. The molecule has 2 aromatic heterocycles. The van der Waals surface area contributed by atoms with Gasteiger partial charge in [-0.3, -0.25) is 4.79 Å². The smallest absolute Gasteiger partial charge is 0.420 e. The highest BCUT2D eigenvalue weighted by atomic mass is 19.1. The predicted octanol–water partition coefficient (Wildman–Crippen LogP) is 4.09. The van der Waals surface area contributed by atoms with Gasteiger partial charge >= 0.3 is 6.09 Å². The van der Waals surface area contributed by atoms with Gasteiger partial charge in [0.25, 0.3) is 5.56 Å². The Morgan fingerprint density at radius 3 is 2.55 bits per heavy atom. The van der Waals surface area contributed by atoms with Gasteiger partial charge in [-0.2, -0.15) is 0 Å². The van der Waals surface area contributed by atoms with E-state index in [4.69, 9.17) is 10.5 Å². The van der Waals surface area contributed by atoms with Crippen LogP contribution in [0.15, 0.2) is 29.2 Å². The molecular weight excluding hydrogens is 406 g/mol. The molecule has 0 bridgehead atoms. The average Bonchev–Trinajstić information content (AvgIpc) is 3.00. The topological polar surface area (TPSA) is 92.1 Å². The summed E-state index contributed by atoms with van der Waals surface area (Å²) in [7, 11) is 0. The quantitative estimate of drug-likeness (QED) is 0.670. The van der Waals surface area contributed by atoms with E-state index in [0.717, 1.165) is 10.6 Å². The van der Waals surface area contributed by atoms with Crippen LogP contribution in [0.5, 0.6) is 0 Å². The first kappa shape index (κ1) is 22.5. The maximum Gasteiger partial charge on any atom is 0.420 e. The van der Waals surface area contributed by atoms with Gasteiger partial charge < -0.3 is 15.0 Å². The molecule has 0 atom stereocenters. The van der Waals surface area contributed by atoms with Crippen LogP contribution in [-0.2, 0) is 17.7 Å². The van der Waals surface area contributed by atoms with Gasteiger partial charge in [-0.05, 0) is 45.2 Å². The number of imidazole rings is 1. The molecule has 1 aromatic carbocycles. The zero-order valence-electron chi connectivity index (χ0n) is 18.2. The second-order valence-corrected chi connectivity index (χ2v) is 8.85. The molecule has 7 nitrogen and oxygen atoms in total. The first-order valence-electron chi connectivity index (χ1n) is 9.95. The third-order valence-electron chi connectivity index (χ3n) is 4.55. The molecule has 0 aliphatic carbocycles. The largest absolute Gasteiger partial charge is 0.443 e. The van der Waals surface area contributed by atoms with E-state index in [-0.39, 0.29) is 40.6 Å². The van der Waals surface area contributed by atoms with Crippen molar-refractivity contribution >= 4 is 22.8 Å². The lowest BCUT2D eigenvalue weighted by Gasteiger charge is -2.20. The Labute approximate surface area is 178 Å². The minimum atomic E-state index is -0.940. The van der Waals surface area contributed by atoms with Crippen LogP contribution < -0.4 is 11.3 Å². The number of fused-ring (bicyclic) bond motifs is 1. The minimum Gasteiger partial charge on any atom is -0.443 e. The number of carbonyl (C=O) groups excluding carboxylic acids is 1. The van der Waals surface area contributed by atoms with Crippen LogP contribution in [0.3, 0.4) is 0 Å². The van der Waals surface area contributed by atoms with E-state index < -0.39 is 28.9 Å². The molecule has 3 aromatic rings. The molecule has 31 heavy (non-hydrogen) atoms. The third kappa shape index (κ3) is 4.60. The molecule has 166 valence electrons. The summed E-state index contributed by atoms with van der Waals surface area (Å²) in [6, 6.07) is 3.77. The number of rotatable bonds is 4. The fraction of sp³-hybridized carbons (Fsp3) is 0.409. The zero-order valence-corrected chi connectivity index (χ0v) is 18.2. The van der Waals surface area contributed by atoms with Gasteiger partial charge in [0.2, 0.25) is 0 Å². The lowest BCUT2D eigenvalue weighted by Crippen LogP contribution is -2.30. The lowest BCUT2D eigenvalue weighted by atomic mass is 10.0. The SMILES string of the molecule is CC(C)Cc1c(F)cc(F)c2c1nc(Cn1cccc(N)c1=O)n2C(=O)OC(C)(C)C. The molecular formula is C22H26F2N4O3. The van der Waals surface area contributed by atoms with Crippen LogP contribution in [0, 0.1) is 17.6 Å². The van der Waals surface area contributed by atoms with Crippen molar-refractivity contribution in [1.29, 1.82) is 0 Å². The molecule has 0 saturated carbocycles. The van der Waals surface area contributed by atoms with Crippen molar-refractivity contribution in [3.05, 3.63) is 57.8 Å². The summed E-state index contributed by atoms with van der Waals surface area (Å²) < 4.78 is 37.2. The molecule has 0 fully saturated rings. The van der Waals surface area contributed by atoms with Gasteiger partial charge in [0.15, 0.2) is 5.82 Å². The van der Waals surface area contributed by atoms with Crippen LogP contribution in [-0.4, -0.2) is 25.8 Å². The van der Waals surface area contributed by atoms with Crippen molar-refractivity contribution in [2.24, 2.45) is 5.92 Å². The summed E-state index contributed by atoms with van der Waals surface area (Å²) >= 11 is 0.